The van der Waals surface area contributed by atoms with Crippen LogP contribution in [0.5, 0.6) is 0 Å². The quantitative estimate of drug-likeness (QED) is 0.420. The van der Waals surface area contributed by atoms with Crippen LogP contribution in [0.2, 0.25) is 0 Å². The van der Waals surface area contributed by atoms with Crippen LogP contribution < -0.4 is 5.19 Å². The van der Waals surface area contributed by atoms with Gasteiger partial charge in [0.05, 0.1) is 0 Å². The lowest BCUT2D eigenvalue weighted by atomic mass is 10.2. The minimum Gasteiger partial charge on any atom is -0.393 e. The summed E-state index contributed by atoms with van der Waals surface area (Å²) >= 11 is 11.7. The molecule has 0 heterocycles. The highest BCUT2D eigenvalue weighted by molar-refractivity contribution is 7.39. The van der Waals surface area contributed by atoms with Crippen molar-refractivity contribution in [1.82, 2.24) is 0 Å². The number of hydrogen-bond acceptors (Lipinski definition) is 2. The third-order valence-electron chi connectivity index (χ3n) is 3.83. The summed E-state index contributed by atoms with van der Waals surface area (Å²) in [6.07, 6.45) is 1.00. The van der Waals surface area contributed by atoms with Crippen molar-refractivity contribution in [3.63, 3.8) is 0 Å². The molecule has 0 aliphatic rings. The topological polar surface area (TPSA) is 18.5 Å². The predicted molar refractivity (Wildman–Crippen MR) is 117 cm³/mol. The molecular formula is C20H28Cl2O2Si2. The Morgan fingerprint density at radius 2 is 1.38 bits per heavy atom. The van der Waals surface area contributed by atoms with Gasteiger partial charge in [-0.05, 0) is 36.6 Å². The third kappa shape index (κ3) is 7.95. The maximum Gasteiger partial charge on any atom is 0.392 e. The highest BCUT2D eigenvalue weighted by atomic mass is 35.7. The van der Waals surface area contributed by atoms with E-state index in [1.54, 1.807) is 0 Å². The van der Waals surface area contributed by atoms with E-state index < -0.39 is 16.7 Å². The van der Waals surface area contributed by atoms with Crippen molar-refractivity contribution in [3.8, 4) is 0 Å². The number of rotatable bonds is 8. The average Bonchev–Trinajstić information content (AvgIpc) is 2.68. The van der Waals surface area contributed by atoms with E-state index in [1.165, 1.54) is 11.1 Å². The Morgan fingerprint density at radius 3 is 1.85 bits per heavy atom. The van der Waals surface area contributed by atoms with Gasteiger partial charge in [0.2, 0.25) is 0 Å². The number of halogens is 2. The fourth-order valence-electron chi connectivity index (χ4n) is 2.47. The van der Waals surface area contributed by atoms with Crippen LogP contribution in [-0.2, 0) is 15.3 Å². The summed E-state index contributed by atoms with van der Waals surface area (Å²) in [5.74, 6) is 0. The van der Waals surface area contributed by atoms with Crippen molar-refractivity contribution in [2.24, 2.45) is 0 Å². The van der Waals surface area contributed by atoms with E-state index in [-0.39, 0.29) is 0 Å². The fourth-order valence-corrected chi connectivity index (χ4v) is 5.92. The molecule has 0 N–H and O–H groups in total. The Balaban J connectivity index is 0.000000273. The smallest absolute Gasteiger partial charge is 0.392 e. The van der Waals surface area contributed by atoms with Crippen molar-refractivity contribution >= 4 is 44.0 Å². The van der Waals surface area contributed by atoms with E-state index in [9.17, 15) is 0 Å². The molecule has 2 aromatic carbocycles. The lowest BCUT2D eigenvalue weighted by molar-refractivity contribution is 0.206. The van der Waals surface area contributed by atoms with E-state index in [0.29, 0.717) is 5.54 Å². The van der Waals surface area contributed by atoms with Crippen LogP contribution in [-0.4, -0.2) is 29.9 Å². The van der Waals surface area contributed by atoms with Crippen LogP contribution in [0.4, 0.5) is 0 Å². The highest BCUT2D eigenvalue weighted by Gasteiger charge is 2.24. The van der Waals surface area contributed by atoms with Crippen molar-refractivity contribution in [2.75, 3.05) is 13.2 Å². The van der Waals surface area contributed by atoms with E-state index in [2.05, 4.69) is 44.2 Å². The zero-order chi connectivity index (χ0) is 19.4. The number of benzene rings is 2. The van der Waals surface area contributed by atoms with Crippen molar-refractivity contribution in [2.45, 2.75) is 39.7 Å². The second-order valence-electron chi connectivity index (χ2n) is 5.59. The molecule has 2 rings (SSSR count). The first kappa shape index (κ1) is 23.4. The molecule has 0 saturated heterocycles. The van der Waals surface area contributed by atoms with Crippen LogP contribution in [0, 0.1) is 0 Å². The van der Waals surface area contributed by atoms with Crippen LogP contribution >= 0.6 is 22.2 Å². The molecule has 0 bridgehead atoms. The molecule has 0 aliphatic heterocycles. The monoisotopic (exact) mass is 426 g/mol. The molecule has 0 fully saturated rings. The van der Waals surface area contributed by atoms with E-state index in [0.717, 1.165) is 24.8 Å². The molecule has 0 saturated carbocycles. The van der Waals surface area contributed by atoms with Gasteiger partial charge in [-0.25, -0.2) is 0 Å². The minimum absolute atomic E-state index is 0.371. The molecule has 2 radical (unpaired) electrons. The Bertz CT molecular complexity index is 606. The minimum atomic E-state index is -1.31. The Kier molecular flexibility index (Phi) is 12.2. The summed E-state index contributed by atoms with van der Waals surface area (Å²) < 4.78 is 11.4. The molecule has 26 heavy (non-hydrogen) atoms. The van der Waals surface area contributed by atoms with Gasteiger partial charge in [-0.1, -0.05) is 68.4 Å². The van der Waals surface area contributed by atoms with Crippen molar-refractivity contribution in [3.05, 3.63) is 65.7 Å². The average molecular weight is 428 g/mol. The molecule has 0 amide bonds. The zero-order valence-corrected chi connectivity index (χ0v) is 19.5. The van der Waals surface area contributed by atoms with Crippen molar-refractivity contribution < 1.29 is 8.85 Å². The summed E-state index contributed by atoms with van der Waals surface area (Å²) in [4.78, 5) is 0. The summed E-state index contributed by atoms with van der Waals surface area (Å²) in [6, 6.07) is 18.5. The molecule has 2 aromatic rings. The first-order valence-corrected chi connectivity index (χ1v) is 13.9. The van der Waals surface area contributed by atoms with Crippen LogP contribution in [0.25, 0.3) is 0 Å². The maximum absolute atomic E-state index is 5.85. The molecule has 2 nitrogen and oxygen atoms in total. The molecule has 0 aliphatic carbocycles. The maximum atomic E-state index is 5.85. The summed E-state index contributed by atoms with van der Waals surface area (Å²) in [6.45, 7) is 9.77. The van der Waals surface area contributed by atoms with Crippen molar-refractivity contribution in [1.29, 1.82) is 0 Å². The summed E-state index contributed by atoms with van der Waals surface area (Å²) in [5, 5.41) is 1.13. The van der Waals surface area contributed by atoms with Gasteiger partial charge in [0.25, 0.3) is 0 Å². The highest BCUT2D eigenvalue weighted by Crippen LogP contribution is 2.19. The van der Waals surface area contributed by atoms with Gasteiger partial charge < -0.3 is 8.85 Å². The second-order valence-corrected chi connectivity index (χ2v) is 11.6. The summed E-state index contributed by atoms with van der Waals surface area (Å²) in [5.41, 5.74) is 2.94. The van der Waals surface area contributed by atoms with Crippen LogP contribution in [0.1, 0.15) is 44.4 Å². The Morgan fingerprint density at radius 1 is 0.846 bits per heavy atom. The first-order valence-electron chi connectivity index (χ1n) is 8.98. The third-order valence-corrected chi connectivity index (χ3v) is 8.13. The van der Waals surface area contributed by atoms with Gasteiger partial charge >= 0.3 is 16.7 Å². The Hall–Kier alpha value is -0.626. The molecule has 0 spiro atoms. The van der Waals surface area contributed by atoms with Gasteiger partial charge in [-0.15, -0.1) is 22.2 Å². The standard InChI is InChI=1S/C12H19O2Si.C8H9Cl2Si/c1-4-13-15(14-5-2)11(3)12-9-7-6-8-10-12;1-2-7-5-3-4-6-8(7)11(9)10/h6-11H,4-5H2,1-3H3;3-6H,2H2,1H3. The van der Waals surface area contributed by atoms with E-state index >= 15 is 0 Å². The van der Waals surface area contributed by atoms with Gasteiger partial charge in [-0.3, -0.25) is 0 Å². The van der Waals surface area contributed by atoms with Gasteiger partial charge in [0.1, 0.15) is 0 Å². The van der Waals surface area contributed by atoms with Gasteiger partial charge in [0.15, 0.2) is 0 Å². The first-order chi connectivity index (χ1) is 12.5. The van der Waals surface area contributed by atoms with E-state index in [1.807, 2.05) is 38.1 Å². The second kappa shape index (κ2) is 13.5. The zero-order valence-electron chi connectivity index (χ0n) is 16.0. The molecule has 0 aromatic heterocycles. The van der Waals surface area contributed by atoms with Crippen LogP contribution in [0.3, 0.4) is 0 Å². The summed E-state index contributed by atoms with van der Waals surface area (Å²) in [7, 11) is -2.49. The SMILES string of the molecule is CCO[Si](OCC)C(C)c1ccccc1.CCc1ccccc1[Si](Cl)Cl. The van der Waals surface area contributed by atoms with Gasteiger partial charge in [0, 0.05) is 18.8 Å². The normalized spacial score (nSPS) is 12.0. The lowest BCUT2D eigenvalue weighted by Crippen LogP contribution is -2.29. The van der Waals surface area contributed by atoms with E-state index in [4.69, 9.17) is 31.0 Å². The van der Waals surface area contributed by atoms with Crippen LogP contribution in [0.15, 0.2) is 54.6 Å². The number of hydrogen-bond donors (Lipinski definition) is 0. The molecular weight excluding hydrogens is 399 g/mol. The molecule has 6 heteroatoms. The molecule has 1 atom stereocenters. The fraction of sp³-hybridized carbons (Fsp3) is 0.400. The van der Waals surface area contributed by atoms with Gasteiger partial charge in [-0.2, -0.15) is 0 Å². The predicted octanol–water partition coefficient (Wildman–Crippen LogP) is 5.31. The Labute approximate surface area is 171 Å². The number of aryl methyl sites for hydroxylation is 1. The molecule has 142 valence electrons. The largest absolute Gasteiger partial charge is 0.393 e. The lowest BCUT2D eigenvalue weighted by Gasteiger charge is -2.20. The molecule has 1 unspecified atom stereocenters.